The molecule has 0 bridgehead atoms. The average molecular weight is 321 g/mol. The second-order valence-corrected chi connectivity index (χ2v) is 4.84. The van der Waals surface area contributed by atoms with Crippen LogP contribution in [-0.4, -0.2) is 24.5 Å². The largest absolute Gasteiger partial charge is 0.497 e. The van der Waals surface area contributed by atoms with Crippen LogP contribution < -0.4 is 4.74 Å². The van der Waals surface area contributed by atoms with E-state index in [0.29, 0.717) is 18.7 Å². The van der Waals surface area contributed by atoms with Gasteiger partial charge in [-0.3, -0.25) is 4.79 Å². The monoisotopic (exact) mass is 320 g/mol. The molecular formula is C14H13BrN2O2. The number of carbonyl (C=O) groups is 1. The highest BCUT2D eigenvalue weighted by Gasteiger charge is 2.15. The fourth-order valence-electron chi connectivity index (χ4n) is 2.09. The van der Waals surface area contributed by atoms with E-state index in [1.54, 1.807) is 7.11 Å². The van der Waals surface area contributed by atoms with Crippen molar-refractivity contribution in [2.75, 3.05) is 13.7 Å². The zero-order chi connectivity index (χ0) is 13.8. The predicted molar refractivity (Wildman–Crippen MR) is 77.7 cm³/mol. The quantitative estimate of drug-likeness (QED) is 0.480. The Morgan fingerprint density at radius 3 is 2.95 bits per heavy atom. The van der Waals surface area contributed by atoms with Crippen molar-refractivity contribution >= 4 is 33.1 Å². The van der Waals surface area contributed by atoms with E-state index < -0.39 is 0 Å². The highest BCUT2D eigenvalue weighted by atomic mass is 79.9. The van der Waals surface area contributed by atoms with E-state index in [2.05, 4.69) is 20.8 Å². The first-order valence-corrected chi connectivity index (χ1v) is 6.66. The molecule has 0 unspecified atom stereocenters. The van der Waals surface area contributed by atoms with Gasteiger partial charge in [0.15, 0.2) is 6.29 Å². The number of benzene rings is 1. The molecule has 2 rings (SSSR count). The summed E-state index contributed by atoms with van der Waals surface area (Å²) < 4.78 is 7.97. The predicted octanol–water partition coefficient (Wildman–Crippen LogP) is 3.53. The summed E-state index contributed by atoms with van der Waals surface area (Å²) in [5.74, 6) is 0.724. The van der Waals surface area contributed by atoms with E-state index in [0.717, 1.165) is 34.0 Å². The van der Waals surface area contributed by atoms with E-state index in [4.69, 9.17) is 11.3 Å². The lowest BCUT2D eigenvalue weighted by molar-refractivity contribution is 0.112. The van der Waals surface area contributed by atoms with Crippen LogP contribution in [0.1, 0.15) is 16.8 Å². The van der Waals surface area contributed by atoms with Gasteiger partial charge in [0.05, 0.1) is 17.3 Å². The molecular weight excluding hydrogens is 308 g/mol. The van der Waals surface area contributed by atoms with Gasteiger partial charge in [0.1, 0.15) is 5.75 Å². The number of fused-ring (bicyclic) bond motifs is 1. The zero-order valence-electron chi connectivity index (χ0n) is 10.5. The molecule has 0 aliphatic carbocycles. The molecule has 0 saturated carbocycles. The Morgan fingerprint density at radius 2 is 2.32 bits per heavy atom. The Labute approximate surface area is 119 Å². The fraction of sp³-hybridized carbons (Fsp3) is 0.286. The van der Waals surface area contributed by atoms with Gasteiger partial charge in [0.25, 0.3) is 0 Å². The van der Waals surface area contributed by atoms with E-state index >= 15 is 0 Å². The van der Waals surface area contributed by atoms with Crippen molar-refractivity contribution in [3.05, 3.63) is 39.8 Å². The molecule has 0 saturated heterocycles. The molecule has 0 radical (unpaired) electrons. The zero-order valence-corrected chi connectivity index (χ0v) is 12.1. The Balaban J connectivity index is 2.54. The molecule has 4 nitrogen and oxygen atoms in total. The molecule has 19 heavy (non-hydrogen) atoms. The minimum Gasteiger partial charge on any atom is -0.497 e. The van der Waals surface area contributed by atoms with Gasteiger partial charge in [0, 0.05) is 23.9 Å². The summed E-state index contributed by atoms with van der Waals surface area (Å²) in [6.45, 7) is 8.00. The number of rotatable bonds is 5. The van der Waals surface area contributed by atoms with Gasteiger partial charge in [-0.2, -0.15) is 0 Å². The molecule has 5 heteroatoms. The van der Waals surface area contributed by atoms with Crippen molar-refractivity contribution in [2.45, 2.75) is 13.0 Å². The second kappa shape index (κ2) is 5.89. The third-order valence-corrected chi connectivity index (χ3v) is 3.87. The summed E-state index contributed by atoms with van der Waals surface area (Å²) >= 11 is 3.47. The topological polar surface area (TPSA) is 35.6 Å². The molecule has 1 heterocycles. The highest BCUT2D eigenvalue weighted by molar-refractivity contribution is 9.10. The first-order chi connectivity index (χ1) is 9.22. The number of halogens is 1. The van der Waals surface area contributed by atoms with Crippen molar-refractivity contribution in [2.24, 2.45) is 0 Å². The number of aromatic nitrogens is 1. The maximum Gasteiger partial charge on any atom is 0.216 e. The maximum absolute atomic E-state index is 11.3. The number of aldehydes is 1. The van der Waals surface area contributed by atoms with Crippen LogP contribution in [0, 0.1) is 6.57 Å². The number of ether oxygens (including phenoxy) is 1. The van der Waals surface area contributed by atoms with Gasteiger partial charge in [-0.05, 0) is 34.1 Å². The van der Waals surface area contributed by atoms with Crippen LogP contribution >= 0.6 is 15.9 Å². The summed E-state index contributed by atoms with van der Waals surface area (Å²) in [6, 6.07) is 5.66. The maximum atomic E-state index is 11.3. The number of nitrogens with zero attached hydrogens (tertiary/aromatic N) is 2. The van der Waals surface area contributed by atoms with Crippen molar-refractivity contribution in [3.63, 3.8) is 0 Å². The minimum absolute atomic E-state index is 0.485. The van der Waals surface area contributed by atoms with Gasteiger partial charge in [0.2, 0.25) is 6.54 Å². The van der Waals surface area contributed by atoms with Crippen LogP contribution in [0.25, 0.3) is 15.7 Å². The fourth-order valence-corrected chi connectivity index (χ4v) is 2.77. The van der Waals surface area contributed by atoms with Gasteiger partial charge in [-0.25, -0.2) is 6.57 Å². The van der Waals surface area contributed by atoms with E-state index in [9.17, 15) is 4.79 Å². The second-order valence-electron chi connectivity index (χ2n) is 4.09. The molecule has 98 valence electrons. The summed E-state index contributed by atoms with van der Waals surface area (Å²) in [6.07, 6.45) is 1.60. The van der Waals surface area contributed by atoms with Crippen LogP contribution in [-0.2, 0) is 6.54 Å². The van der Waals surface area contributed by atoms with Crippen molar-refractivity contribution in [1.29, 1.82) is 0 Å². The Hall–Kier alpha value is -1.80. The number of carbonyl (C=O) groups excluding carboxylic acids is 1. The average Bonchev–Trinajstić information content (AvgIpc) is 2.70. The number of hydrogen-bond acceptors (Lipinski definition) is 2. The number of aryl methyl sites for hydroxylation is 1. The minimum atomic E-state index is 0.485. The Morgan fingerprint density at radius 1 is 1.53 bits per heavy atom. The molecule has 1 aromatic heterocycles. The summed E-state index contributed by atoms with van der Waals surface area (Å²) in [5, 5.41) is 0.865. The highest BCUT2D eigenvalue weighted by Crippen LogP contribution is 2.32. The summed E-state index contributed by atoms with van der Waals surface area (Å²) in [5.41, 5.74) is 1.59. The van der Waals surface area contributed by atoms with Gasteiger partial charge >= 0.3 is 0 Å². The molecule has 0 aliphatic rings. The van der Waals surface area contributed by atoms with E-state index in [1.165, 1.54) is 0 Å². The molecule has 0 N–H and O–H groups in total. The summed E-state index contributed by atoms with van der Waals surface area (Å²) in [7, 11) is 1.60. The van der Waals surface area contributed by atoms with Gasteiger partial charge in [-0.1, -0.05) is 0 Å². The van der Waals surface area contributed by atoms with Crippen molar-refractivity contribution in [1.82, 2.24) is 4.57 Å². The molecule has 0 aliphatic heterocycles. The first-order valence-electron chi connectivity index (χ1n) is 5.87. The van der Waals surface area contributed by atoms with Gasteiger partial charge < -0.3 is 14.1 Å². The van der Waals surface area contributed by atoms with Crippen molar-refractivity contribution in [3.8, 4) is 5.75 Å². The normalized spacial score (nSPS) is 10.4. The summed E-state index contributed by atoms with van der Waals surface area (Å²) in [4.78, 5) is 14.6. The Bertz CT molecular complexity index is 655. The lowest BCUT2D eigenvalue weighted by atomic mass is 10.2. The third kappa shape index (κ3) is 2.49. The Kier molecular flexibility index (Phi) is 4.23. The van der Waals surface area contributed by atoms with Crippen LogP contribution in [0.5, 0.6) is 5.75 Å². The lowest BCUT2D eigenvalue weighted by Crippen LogP contribution is -1.99. The molecule has 0 spiro atoms. The van der Waals surface area contributed by atoms with E-state index in [1.807, 2.05) is 22.8 Å². The molecule has 0 atom stereocenters. The first kappa shape index (κ1) is 13.6. The lowest BCUT2D eigenvalue weighted by Gasteiger charge is -2.05. The van der Waals surface area contributed by atoms with Crippen molar-refractivity contribution < 1.29 is 9.53 Å². The molecule has 0 fully saturated rings. The third-order valence-electron chi connectivity index (χ3n) is 3.01. The van der Waals surface area contributed by atoms with Crippen LogP contribution in [0.2, 0.25) is 0 Å². The van der Waals surface area contributed by atoms with Crippen LogP contribution in [0.3, 0.4) is 0 Å². The SMILES string of the molecule is [C-]#[N+]CCCn1c(Br)c(C=O)c2cc(OC)ccc21. The smallest absolute Gasteiger partial charge is 0.216 e. The molecule has 0 amide bonds. The van der Waals surface area contributed by atoms with E-state index in [-0.39, 0.29) is 0 Å². The molecule has 2 aromatic rings. The van der Waals surface area contributed by atoms with Gasteiger partial charge in [-0.15, -0.1) is 0 Å². The number of hydrogen-bond donors (Lipinski definition) is 0. The standard InChI is InChI=1S/C14H13BrN2O2/c1-16-6-3-7-17-13-5-4-10(19-2)8-11(13)12(9-18)14(17)15/h4-5,8-9H,3,6-7H2,2H3. The van der Waals surface area contributed by atoms with Crippen LogP contribution in [0.15, 0.2) is 22.8 Å². The molecule has 1 aromatic carbocycles. The van der Waals surface area contributed by atoms with Crippen LogP contribution in [0.4, 0.5) is 0 Å². The number of methoxy groups -OCH3 is 1.